The molecule has 2 aliphatic heterocycles. The first kappa shape index (κ1) is 25.4. The molecule has 2 heterocycles. The van der Waals surface area contributed by atoms with E-state index in [1.807, 2.05) is 4.90 Å². The smallest absolute Gasteiger partial charge is 0.336 e. The van der Waals surface area contributed by atoms with Gasteiger partial charge in [-0.25, -0.2) is 4.79 Å². The third kappa shape index (κ3) is 5.52. The summed E-state index contributed by atoms with van der Waals surface area (Å²) in [6.45, 7) is 4.97. The van der Waals surface area contributed by atoms with E-state index in [4.69, 9.17) is 4.42 Å². The maximum Gasteiger partial charge on any atom is 0.336 e. The molecule has 10 heteroatoms. The Hall–Kier alpha value is -4.25. The maximum absolute atomic E-state index is 12.8. The average Bonchev–Trinajstić information content (AvgIpc) is 3.01. The second kappa shape index (κ2) is 11.0. The summed E-state index contributed by atoms with van der Waals surface area (Å²) in [5.74, 6) is -1.16. The Morgan fingerprint density at radius 1 is 0.921 bits per heavy atom. The SMILES string of the molecule is O=C(CN1CCNCCNCC1)Nc1ccc(-c2c3ccc(=O)cc-3oc3cc(O)ccc23)c(C(=O)O)c1. The Bertz CT molecular complexity index is 1520. The van der Waals surface area contributed by atoms with Crippen LogP contribution in [0.25, 0.3) is 33.4 Å². The van der Waals surface area contributed by atoms with E-state index in [0.29, 0.717) is 33.3 Å². The zero-order chi connectivity index (χ0) is 26.6. The number of hydrogen-bond donors (Lipinski definition) is 5. The predicted octanol–water partition coefficient (Wildman–Crippen LogP) is 2.40. The van der Waals surface area contributed by atoms with Crippen LogP contribution in [-0.4, -0.2) is 72.8 Å². The quantitative estimate of drug-likeness (QED) is 0.253. The van der Waals surface area contributed by atoms with Gasteiger partial charge in [0, 0.05) is 73.6 Å². The Morgan fingerprint density at radius 3 is 2.39 bits per heavy atom. The lowest BCUT2D eigenvalue weighted by Crippen LogP contribution is -2.39. The number of benzene rings is 3. The number of nitrogens with zero attached hydrogens (tertiary/aromatic N) is 1. The van der Waals surface area contributed by atoms with E-state index < -0.39 is 5.97 Å². The molecule has 0 bridgehead atoms. The van der Waals surface area contributed by atoms with Crippen molar-refractivity contribution in [2.24, 2.45) is 0 Å². The highest BCUT2D eigenvalue weighted by molar-refractivity contribution is 6.08. The number of phenols is 1. The Kier molecular flexibility index (Phi) is 7.36. The number of amides is 1. The van der Waals surface area contributed by atoms with Gasteiger partial charge in [0.1, 0.15) is 17.1 Å². The van der Waals surface area contributed by atoms with Gasteiger partial charge in [0.15, 0.2) is 5.43 Å². The first-order chi connectivity index (χ1) is 18.4. The summed E-state index contributed by atoms with van der Waals surface area (Å²) in [6, 6.07) is 13.6. The summed E-state index contributed by atoms with van der Waals surface area (Å²) in [7, 11) is 0. The van der Waals surface area contributed by atoms with Crippen LogP contribution in [0.1, 0.15) is 10.4 Å². The van der Waals surface area contributed by atoms with Crippen molar-refractivity contribution in [3.8, 4) is 28.2 Å². The number of fused-ring (bicyclic) bond motifs is 2. The van der Waals surface area contributed by atoms with Crippen molar-refractivity contribution in [2.45, 2.75) is 0 Å². The molecule has 1 aliphatic carbocycles. The molecule has 5 rings (SSSR count). The number of phenolic OH excluding ortho intramolecular Hbond substituents is 1. The van der Waals surface area contributed by atoms with Gasteiger partial charge in [-0.15, -0.1) is 0 Å². The molecule has 2 aromatic carbocycles. The number of carbonyl (C=O) groups is 2. The van der Waals surface area contributed by atoms with Crippen molar-refractivity contribution in [1.29, 1.82) is 0 Å². The van der Waals surface area contributed by atoms with Crippen LogP contribution in [0.15, 0.2) is 63.8 Å². The molecule has 1 fully saturated rings. The van der Waals surface area contributed by atoms with E-state index in [0.717, 1.165) is 39.3 Å². The topological polar surface area (TPSA) is 144 Å². The van der Waals surface area contributed by atoms with Crippen LogP contribution in [0.3, 0.4) is 0 Å². The third-order valence-corrected chi connectivity index (χ3v) is 6.54. The monoisotopic (exact) mass is 516 g/mol. The molecule has 1 amide bonds. The first-order valence-electron chi connectivity index (χ1n) is 12.4. The summed E-state index contributed by atoms with van der Waals surface area (Å²) in [6.07, 6.45) is 0. The number of aromatic hydroxyl groups is 1. The van der Waals surface area contributed by atoms with Crippen LogP contribution in [-0.2, 0) is 4.79 Å². The summed E-state index contributed by atoms with van der Waals surface area (Å²) in [5.41, 5.74) is 1.89. The number of anilines is 1. The zero-order valence-corrected chi connectivity index (χ0v) is 20.6. The largest absolute Gasteiger partial charge is 0.508 e. The number of carboxylic acid groups (broad SMARTS) is 1. The van der Waals surface area contributed by atoms with Crippen molar-refractivity contribution in [3.05, 3.63) is 70.4 Å². The van der Waals surface area contributed by atoms with Crippen LogP contribution in [0, 0.1) is 0 Å². The van der Waals surface area contributed by atoms with Crippen molar-refractivity contribution in [2.75, 3.05) is 51.1 Å². The van der Waals surface area contributed by atoms with E-state index in [1.54, 1.807) is 24.3 Å². The molecule has 38 heavy (non-hydrogen) atoms. The molecule has 5 N–H and O–H groups in total. The van der Waals surface area contributed by atoms with Gasteiger partial charge in [-0.2, -0.15) is 0 Å². The maximum atomic E-state index is 12.8. The fourth-order valence-corrected chi connectivity index (χ4v) is 4.74. The summed E-state index contributed by atoms with van der Waals surface area (Å²) in [5, 5.41) is 30.1. The normalized spacial score (nSPS) is 15.1. The number of aromatic carboxylic acids is 1. The lowest BCUT2D eigenvalue weighted by atomic mass is 9.90. The molecule has 0 spiro atoms. The summed E-state index contributed by atoms with van der Waals surface area (Å²) < 4.78 is 5.87. The molecular formula is C28H28N4O6. The minimum Gasteiger partial charge on any atom is -0.508 e. The Morgan fingerprint density at radius 2 is 1.66 bits per heavy atom. The van der Waals surface area contributed by atoms with Gasteiger partial charge in [0.25, 0.3) is 0 Å². The molecule has 10 nitrogen and oxygen atoms in total. The molecule has 0 atom stereocenters. The highest BCUT2D eigenvalue weighted by Crippen LogP contribution is 2.42. The minimum atomic E-state index is -1.17. The van der Waals surface area contributed by atoms with E-state index in [-0.39, 0.29) is 35.0 Å². The van der Waals surface area contributed by atoms with Crippen molar-refractivity contribution in [3.63, 3.8) is 0 Å². The van der Waals surface area contributed by atoms with Gasteiger partial charge >= 0.3 is 5.97 Å². The summed E-state index contributed by atoms with van der Waals surface area (Å²) >= 11 is 0. The van der Waals surface area contributed by atoms with E-state index >= 15 is 0 Å². The minimum absolute atomic E-state index is 0.0213. The van der Waals surface area contributed by atoms with Gasteiger partial charge in [-0.1, -0.05) is 6.07 Å². The molecule has 2 aromatic rings. The molecule has 0 unspecified atom stereocenters. The van der Waals surface area contributed by atoms with E-state index in [1.165, 1.54) is 30.3 Å². The second-order valence-corrected chi connectivity index (χ2v) is 9.21. The van der Waals surface area contributed by atoms with Crippen LogP contribution < -0.4 is 21.4 Å². The van der Waals surface area contributed by atoms with Crippen molar-refractivity contribution in [1.82, 2.24) is 15.5 Å². The van der Waals surface area contributed by atoms with Gasteiger partial charge < -0.3 is 30.6 Å². The predicted molar refractivity (Wildman–Crippen MR) is 144 cm³/mol. The molecular weight excluding hydrogens is 488 g/mol. The number of rotatable bonds is 5. The molecule has 0 radical (unpaired) electrons. The average molecular weight is 517 g/mol. The van der Waals surface area contributed by atoms with Crippen LogP contribution in [0.5, 0.6) is 5.75 Å². The molecule has 196 valence electrons. The highest BCUT2D eigenvalue weighted by Gasteiger charge is 2.23. The fourth-order valence-electron chi connectivity index (χ4n) is 4.74. The first-order valence-corrected chi connectivity index (χ1v) is 12.4. The van der Waals surface area contributed by atoms with Crippen molar-refractivity contribution >= 4 is 28.5 Å². The van der Waals surface area contributed by atoms with Gasteiger partial charge in [0.05, 0.1) is 12.1 Å². The lowest BCUT2D eigenvalue weighted by molar-refractivity contribution is -0.117. The Balaban J connectivity index is 1.50. The molecule has 0 aromatic heterocycles. The van der Waals surface area contributed by atoms with Gasteiger partial charge in [-0.3, -0.25) is 14.5 Å². The molecule has 3 aliphatic rings. The third-order valence-electron chi connectivity index (χ3n) is 6.54. The standard InChI is InChI=1S/C28H28N4O6/c33-18-2-5-21-24(14-18)38-25-15-19(34)3-6-22(25)27(21)20-4-1-17(13-23(20)28(36)37)31-26(35)16-32-11-9-29-7-8-30-10-12-32/h1-6,13-15,29-30,33H,7-12,16H2,(H,31,35)(H,36,37). The highest BCUT2D eigenvalue weighted by atomic mass is 16.4. The molecule has 0 saturated carbocycles. The van der Waals surface area contributed by atoms with Gasteiger partial charge in [0.2, 0.25) is 5.91 Å². The van der Waals surface area contributed by atoms with Crippen molar-refractivity contribution < 1.29 is 24.2 Å². The van der Waals surface area contributed by atoms with Gasteiger partial charge in [-0.05, 0) is 42.0 Å². The number of carboxylic acids is 1. The number of nitrogens with one attached hydrogen (secondary N) is 3. The fraction of sp³-hybridized carbons (Fsp3) is 0.250. The van der Waals surface area contributed by atoms with Crippen LogP contribution in [0.4, 0.5) is 5.69 Å². The van der Waals surface area contributed by atoms with E-state index in [2.05, 4.69) is 16.0 Å². The van der Waals surface area contributed by atoms with Crippen LogP contribution >= 0.6 is 0 Å². The second-order valence-electron chi connectivity index (χ2n) is 9.21. The van der Waals surface area contributed by atoms with E-state index in [9.17, 15) is 24.6 Å². The Labute approximate surface area is 218 Å². The molecule has 1 saturated heterocycles. The number of hydrogen-bond acceptors (Lipinski definition) is 8. The number of carbonyl (C=O) groups excluding carboxylic acids is 1. The summed E-state index contributed by atoms with van der Waals surface area (Å²) in [4.78, 5) is 39.2. The zero-order valence-electron chi connectivity index (χ0n) is 20.6. The van der Waals surface area contributed by atoms with Crippen LogP contribution in [0.2, 0.25) is 0 Å². The lowest BCUT2D eigenvalue weighted by Gasteiger charge is -2.21.